The molecule has 42 heavy (non-hydrogen) atoms. The van der Waals surface area contributed by atoms with Crippen LogP contribution >= 0.6 is 11.6 Å². The molecule has 3 aromatic rings. The minimum atomic E-state index is -4.58. The standard InChI is InChI=1S/C29H32ClF3N4O4S/c1-19(2)4-3-15-42(39,40)17-24(38)21-7-5-20(6-8-21)16-25-34-26(36-27(35-25)41-18-29(31,32)33)37-28(13-14-28)22-9-11-23(30)12-10-22/h5-12,19H,3-4,13-18H2,1-2H3,(H,34,35,36,37). The Morgan fingerprint density at radius 3 is 2.31 bits per heavy atom. The molecule has 2 aromatic carbocycles. The number of halogens is 4. The highest BCUT2D eigenvalue weighted by Crippen LogP contribution is 2.48. The Bertz CT molecular complexity index is 1490. The van der Waals surface area contributed by atoms with Crippen molar-refractivity contribution < 1.29 is 31.1 Å². The zero-order valence-electron chi connectivity index (χ0n) is 23.2. The Balaban J connectivity index is 1.48. The zero-order valence-corrected chi connectivity index (χ0v) is 24.8. The molecular weight excluding hydrogens is 593 g/mol. The molecule has 1 aromatic heterocycles. The number of nitrogens with zero attached hydrogens (tertiary/aromatic N) is 3. The maximum absolute atomic E-state index is 12.8. The summed E-state index contributed by atoms with van der Waals surface area (Å²) in [5, 5.41) is 3.81. The molecule has 1 heterocycles. The molecule has 0 unspecified atom stereocenters. The lowest BCUT2D eigenvalue weighted by Crippen LogP contribution is -2.23. The van der Waals surface area contributed by atoms with Crippen LogP contribution in [0, 0.1) is 5.92 Å². The van der Waals surface area contributed by atoms with Gasteiger partial charge in [-0.05, 0) is 48.4 Å². The van der Waals surface area contributed by atoms with Crippen molar-refractivity contribution in [1.82, 2.24) is 15.0 Å². The number of ether oxygens (including phenoxy) is 1. The summed E-state index contributed by atoms with van der Waals surface area (Å²) in [6.45, 7) is 2.46. The van der Waals surface area contributed by atoms with Gasteiger partial charge in [-0.3, -0.25) is 4.79 Å². The number of nitrogens with one attached hydrogen (secondary N) is 1. The van der Waals surface area contributed by atoms with Crippen LogP contribution in [0.3, 0.4) is 0 Å². The van der Waals surface area contributed by atoms with Crippen molar-refractivity contribution >= 4 is 33.2 Å². The highest BCUT2D eigenvalue weighted by Gasteiger charge is 2.45. The van der Waals surface area contributed by atoms with E-state index in [0.717, 1.165) is 24.8 Å². The number of Topliss-reactive ketones (excluding diaryl/α,β-unsaturated/α-hetero) is 1. The number of anilines is 1. The number of ketones is 1. The van der Waals surface area contributed by atoms with E-state index in [1.54, 1.807) is 24.3 Å². The van der Waals surface area contributed by atoms with E-state index in [-0.39, 0.29) is 29.5 Å². The third kappa shape index (κ3) is 9.38. The SMILES string of the molecule is CC(C)CCCS(=O)(=O)CC(=O)c1ccc(Cc2nc(NC3(c4ccc(Cl)cc4)CC3)nc(OCC(F)(F)F)n2)cc1. The van der Waals surface area contributed by atoms with Gasteiger partial charge in [-0.1, -0.05) is 68.3 Å². The highest BCUT2D eigenvalue weighted by molar-refractivity contribution is 7.92. The first-order chi connectivity index (χ1) is 19.7. The van der Waals surface area contributed by atoms with Crippen molar-refractivity contribution in [2.24, 2.45) is 5.92 Å². The van der Waals surface area contributed by atoms with Crippen molar-refractivity contribution in [3.8, 4) is 6.01 Å². The van der Waals surface area contributed by atoms with E-state index in [1.165, 1.54) is 12.1 Å². The summed E-state index contributed by atoms with van der Waals surface area (Å²) in [6.07, 6.45) is -1.68. The van der Waals surface area contributed by atoms with Crippen LogP contribution in [-0.2, 0) is 21.8 Å². The first kappa shape index (κ1) is 31.7. The molecular formula is C29H32ClF3N4O4S. The van der Waals surface area contributed by atoms with E-state index < -0.39 is 45.7 Å². The minimum absolute atomic E-state index is 0.0389. The quantitative estimate of drug-likeness (QED) is 0.211. The second-order valence-electron chi connectivity index (χ2n) is 10.9. The molecule has 226 valence electrons. The van der Waals surface area contributed by atoms with Crippen molar-refractivity contribution in [1.29, 1.82) is 0 Å². The molecule has 0 radical (unpaired) electrons. The second kappa shape index (κ2) is 12.9. The maximum atomic E-state index is 12.8. The van der Waals surface area contributed by atoms with Crippen LogP contribution in [0.2, 0.25) is 5.02 Å². The summed E-state index contributed by atoms with van der Waals surface area (Å²) < 4.78 is 68.1. The summed E-state index contributed by atoms with van der Waals surface area (Å²) in [5.41, 5.74) is 1.36. The predicted octanol–water partition coefficient (Wildman–Crippen LogP) is 6.19. The van der Waals surface area contributed by atoms with Gasteiger partial charge in [0.2, 0.25) is 5.95 Å². The lowest BCUT2D eigenvalue weighted by molar-refractivity contribution is -0.154. The number of benzene rings is 2. The first-order valence-electron chi connectivity index (χ1n) is 13.5. The van der Waals surface area contributed by atoms with Crippen molar-refractivity contribution in [2.75, 3.05) is 23.4 Å². The van der Waals surface area contributed by atoms with Gasteiger partial charge in [-0.15, -0.1) is 0 Å². The van der Waals surface area contributed by atoms with E-state index in [1.807, 2.05) is 26.0 Å². The molecule has 0 bridgehead atoms. The molecule has 1 aliphatic carbocycles. The third-order valence-electron chi connectivity index (χ3n) is 6.75. The Kier molecular flexibility index (Phi) is 9.77. The lowest BCUT2D eigenvalue weighted by Gasteiger charge is -2.19. The Labute approximate surface area is 248 Å². The van der Waals surface area contributed by atoms with Gasteiger partial charge in [0.1, 0.15) is 11.6 Å². The van der Waals surface area contributed by atoms with Gasteiger partial charge in [0.25, 0.3) is 0 Å². The molecule has 1 aliphatic rings. The molecule has 0 amide bonds. The van der Waals surface area contributed by atoms with Crippen molar-refractivity contribution in [3.05, 3.63) is 76.1 Å². The van der Waals surface area contributed by atoms with Crippen LogP contribution in [0.5, 0.6) is 6.01 Å². The van der Waals surface area contributed by atoms with Crippen LogP contribution in [0.1, 0.15) is 66.8 Å². The van der Waals surface area contributed by atoms with E-state index in [2.05, 4.69) is 20.3 Å². The number of hydrogen-bond acceptors (Lipinski definition) is 8. The average molecular weight is 625 g/mol. The summed E-state index contributed by atoms with van der Waals surface area (Å²) >= 11 is 6.01. The molecule has 1 N–H and O–H groups in total. The van der Waals surface area contributed by atoms with Gasteiger partial charge in [-0.25, -0.2) is 8.42 Å². The largest absolute Gasteiger partial charge is 0.454 e. The molecule has 0 saturated heterocycles. The lowest BCUT2D eigenvalue weighted by atomic mass is 10.1. The fourth-order valence-electron chi connectivity index (χ4n) is 4.40. The summed E-state index contributed by atoms with van der Waals surface area (Å²) in [6, 6.07) is 13.1. The van der Waals surface area contributed by atoms with Gasteiger partial charge in [-0.2, -0.15) is 28.1 Å². The summed E-state index contributed by atoms with van der Waals surface area (Å²) in [4.78, 5) is 25.2. The Morgan fingerprint density at radius 1 is 1.05 bits per heavy atom. The van der Waals surface area contributed by atoms with Gasteiger partial charge < -0.3 is 10.1 Å². The van der Waals surface area contributed by atoms with Crippen molar-refractivity contribution in [3.63, 3.8) is 0 Å². The number of sulfone groups is 1. The normalized spacial score (nSPS) is 14.5. The topological polar surface area (TPSA) is 111 Å². The summed E-state index contributed by atoms with van der Waals surface area (Å²) in [7, 11) is -3.53. The van der Waals surface area contributed by atoms with E-state index in [0.29, 0.717) is 22.9 Å². The van der Waals surface area contributed by atoms with Crippen LogP contribution in [0.25, 0.3) is 0 Å². The van der Waals surface area contributed by atoms with Gasteiger partial charge in [0.05, 0.1) is 11.3 Å². The Morgan fingerprint density at radius 2 is 1.71 bits per heavy atom. The third-order valence-corrected chi connectivity index (χ3v) is 8.61. The van der Waals surface area contributed by atoms with Crippen LogP contribution in [0.15, 0.2) is 48.5 Å². The van der Waals surface area contributed by atoms with Crippen LogP contribution in [-0.4, -0.2) is 53.4 Å². The fourth-order valence-corrected chi connectivity index (χ4v) is 5.84. The number of rotatable bonds is 14. The molecule has 0 spiro atoms. The monoisotopic (exact) mass is 624 g/mol. The van der Waals surface area contributed by atoms with Gasteiger partial charge in [0.15, 0.2) is 22.2 Å². The van der Waals surface area contributed by atoms with Gasteiger partial charge in [0, 0.05) is 17.0 Å². The first-order valence-corrected chi connectivity index (χ1v) is 15.7. The number of aromatic nitrogens is 3. The predicted molar refractivity (Wildman–Crippen MR) is 154 cm³/mol. The number of hydrogen-bond donors (Lipinski definition) is 1. The summed E-state index contributed by atoms with van der Waals surface area (Å²) in [5.74, 6) is -0.504. The smallest absolute Gasteiger partial charge is 0.422 e. The number of carbonyl (C=O) groups is 1. The number of carbonyl (C=O) groups excluding carboxylic acids is 1. The second-order valence-corrected chi connectivity index (χ2v) is 13.5. The molecule has 8 nitrogen and oxygen atoms in total. The van der Waals surface area contributed by atoms with Gasteiger partial charge >= 0.3 is 12.2 Å². The maximum Gasteiger partial charge on any atom is 0.422 e. The molecule has 0 atom stereocenters. The van der Waals surface area contributed by atoms with Crippen LogP contribution in [0.4, 0.5) is 19.1 Å². The fraction of sp³-hybridized carbons (Fsp3) is 0.448. The highest BCUT2D eigenvalue weighted by atomic mass is 35.5. The number of alkyl halides is 3. The van der Waals surface area contributed by atoms with E-state index in [4.69, 9.17) is 16.3 Å². The van der Waals surface area contributed by atoms with E-state index >= 15 is 0 Å². The molecule has 13 heteroatoms. The van der Waals surface area contributed by atoms with E-state index in [9.17, 15) is 26.4 Å². The average Bonchev–Trinajstić information content (AvgIpc) is 3.67. The van der Waals surface area contributed by atoms with Crippen molar-refractivity contribution in [2.45, 2.75) is 57.7 Å². The molecule has 4 rings (SSSR count). The van der Waals surface area contributed by atoms with Crippen LogP contribution < -0.4 is 10.1 Å². The Hall–Kier alpha value is -3.25. The zero-order chi connectivity index (χ0) is 30.5. The molecule has 0 aliphatic heterocycles. The molecule has 1 fully saturated rings. The minimum Gasteiger partial charge on any atom is -0.454 e. The molecule has 1 saturated carbocycles.